The van der Waals surface area contributed by atoms with E-state index < -0.39 is 11.6 Å². The summed E-state index contributed by atoms with van der Waals surface area (Å²) in [6.07, 6.45) is 0.849. The van der Waals surface area contributed by atoms with Gasteiger partial charge in [-0.1, -0.05) is 13.0 Å². The molecule has 1 N–H and O–H groups in total. The van der Waals surface area contributed by atoms with Gasteiger partial charge in [-0.25, -0.2) is 8.78 Å². The minimum absolute atomic E-state index is 0.0927. The largest absolute Gasteiger partial charge is 0.313 e. The standard InChI is InChI=1S/C10H13F2N/c1-3-10(13-2)7-4-5-8(11)9(12)6-7/h4-6,10,13H,3H2,1-2H3. The quantitative estimate of drug-likeness (QED) is 0.763. The minimum atomic E-state index is -0.797. The van der Waals surface area contributed by atoms with E-state index in [4.69, 9.17) is 0 Å². The summed E-state index contributed by atoms with van der Waals surface area (Å²) in [6, 6.07) is 4.09. The number of nitrogens with one attached hydrogen (secondary N) is 1. The maximum atomic E-state index is 12.8. The van der Waals surface area contributed by atoms with Crippen molar-refractivity contribution in [1.29, 1.82) is 0 Å². The van der Waals surface area contributed by atoms with Gasteiger partial charge in [-0.2, -0.15) is 0 Å². The van der Waals surface area contributed by atoms with Crippen LogP contribution in [0.3, 0.4) is 0 Å². The third-order valence-corrected chi connectivity index (χ3v) is 2.10. The summed E-state index contributed by atoms with van der Waals surface area (Å²) in [6.45, 7) is 1.99. The Balaban J connectivity index is 2.95. The number of benzene rings is 1. The second-order valence-corrected chi connectivity index (χ2v) is 2.92. The summed E-state index contributed by atoms with van der Waals surface area (Å²) in [4.78, 5) is 0. The van der Waals surface area contributed by atoms with E-state index in [1.807, 2.05) is 6.92 Å². The van der Waals surface area contributed by atoms with E-state index in [1.165, 1.54) is 6.07 Å². The maximum Gasteiger partial charge on any atom is 0.159 e. The molecule has 0 fully saturated rings. The molecule has 1 unspecified atom stereocenters. The van der Waals surface area contributed by atoms with Gasteiger partial charge in [0.15, 0.2) is 11.6 Å². The van der Waals surface area contributed by atoms with Crippen LogP contribution in [0.5, 0.6) is 0 Å². The molecule has 1 aromatic rings. The molecule has 1 nitrogen and oxygen atoms in total. The van der Waals surface area contributed by atoms with Crippen LogP contribution in [0, 0.1) is 11.6 Å². The Morgan fingerprint density at radius 1 is 1.31 bits per heavy atom. The minimum Gasteiger partial charge on any atom is -0.313 e. The molecule has 0 saturated carbocycles. The van der Waals surface area contributed by atoms with Gasteiger partial charge in [0.05, 0.1) is 0 Å². The highest BCUT2D eigenvalue weighted by molar-refractivity contribution is 5.21. The van der Waals surface area contributed by atoms with Crippen molar-refractivity contribution in [2.75, 3.05) is 7.05 Å². The van der Waals surface area contributed by atoms with Gasteiger partial charge < -0.3 is 5.32 Å². The van der Waals surface area contributed by atoms with Crippen LogP contribution in [0.15, 0.2) is 18.2 Å². The van der Waals surface area contributed by atoms with Gasteiger partial charge >= 0.3 is 0 Å². The first-order valence-electron chi connectivity index (χ1n) is 4.31. The molecule has 0 radical (unpaired) electrons. The third-order valence-electron chi connectivity index (χ3n) is 2.10. The number of rotatable bonds is 3. The van der Waals surface area contributed by atoms with Crippen LogP contribution in [0.1, 0.15) is 24.9 Å². The summed E-state index contributed by atoms with van der Waals surface area (Å²) in [7, 11) is 1.80. The first kappa shape index (κ1) is 10.1. The van der Waals surface area contributed by atoms with Crippen LogP contribution < -0.4 is 5.32 Å². The molecule has 0 saturated heterocycles. The molecule has 1 aromatic carbocycles. The molecule has 13 heavy (non-hydrogen) atoms. The van der Waals surface area contributed by atoms with Crippen LogP contribution in [-0.4, -0.2) is 7.05 Å². The number of hydrogen-bond acceptors (Lipinski definition) is 1. The predicted octanol–water partition coefficient (Wildman–Crippen LogP) is 2.64. The van der Waals surface area contributed by atoms with Crippen LogP contribution in [0.4, 0.5) is 8.78 Å². The highest BCUT2D eigenvalue weighted by Gasteiger charge is 2.09. The molecule has 1 atom stereocenters. The lowest BCUT2D eigenvalue weighted by molar-refractivity contribution is 0.500. The van der Waals surface area contributed by atoms with E-state index in [0.29, 0.717) is 0 Å². The molecule has 0 aliphatic carbocycles. The topological polar surface area (TPSA) is 12.0 Å². The summed E-state index contributed by atoms with van der Waals surface area (Å²) in [5.74, 6) is -1.58. The highest BCUT2D eigenvalue weighted by Crippen LogP contribution is 2.18. The first-order chi connectivity index (χ1) is 6.19. The molecule has 0 aliphatic rings. The van der Waals surface area contributed by atoms with Crippen molar-refractivity contribution in [1.82, 2.24) is 5.32 Å². The molecule has 0 aromatic heterocycles. The van der Waals surface area contributed by atoms with Crippen LogP contribution in [0.25, 0.3) is 0 Å². The van der Waals surface area contributed by atoms with Gasteiger partial charge in [0.1, 0.15) is 0 Å². The predicted molar refractivity (Wildman–Crippen MR) is 48.4 cm³/mol. The second-order valence-electron chi connectivity index (χ2n) is 2.92. The zero-order valence-electron chi connectivity index (χ0n) is 7.77. The Hall–Kier alpha value is -0.960. The monoisotopic (exact) mass is 185 g/mol. The van der Waals surface area contributed by atoms with Crippen molar-refractivity contribution in [3.05, 3.63) is 35.4 Å². The van der Waals surface area contributed by atoms with E-state index >= 15 is 0 Å². The van der Waals surface area contributed by atoms with Crippen LogP contribution in [0.2, 0.25) is 0 Å². The maximum absolute atomic E-state index is 12.8. The van der Waals surface area contributed by atoms with Crippen molar-refractivity contribution < 1.29 is 8.78 Å². The third kappa shape index (κ3) is 2.25. The molecule has 0 aliphatic heterocycles. The lowest BCUT2D eigenvalue weighted by Gasteiger charge is -2.13. The van der Waals surface area contributed by atoms with Gasteiger partial charge in [-0.3, -0.25) is 0 Å². The van der Waals surface area contributed by atoms with E-state index in [9.17, 15) is 8.78 Å². The molecule has 0 heterocycles. The Bertz CT molecular complexity index is 282. The van der Waals surface area contributed by atoms with Gasteiger partial charge in [0.25, 0.3) is 0 Å². The van der Waals surface area contributed by atoms with E-state index in [1.54, 1.807) is 13.1 Å². The van der Waals surface area contributed by atoms with Crippen molar-refractivity contribution in [3.63, 3.8) is 0 Å². The van der Waals surface area contributed by atoms with Gasteiger partial charge in [-0.05, 0) is 31.2 Å². The Morgan fingerprint density at radius 2 is 2.00 bits per heavy atom. The molecular weight excluding hydrogens is 172 g/mol. The van der Waals surface area contributed by atoms with Crippen molar-refractivity contribution in [3.8, 4) is 0 Å². The summed E-state index contributed by atoms with van der Waals surface area (Å²) >= 11 is 0. The molecular formula is C10H13F2N. The average molecular weight is 185 g/mol. The van der Waals surface area contributed by atoms with Crippen LogP contribution >= 0.6 is 0 Å². The molecule has 0 amide bonds. The Kier molecular flexibility index (Phi) is 3.37. The molecule has 3 heteroatoms. The van der Waals surface area contributed by atoms with Gasteiger partial charge in [0.2, 0.25) is 0 Å². The van der Waals surface area contributed by atoms with Crippen LogP contribution in [-0.2, 0) is 0 Å². The molecule has 1 rings (SSSR count). The lowest BCUT2D eigenvalue weighted by Crippen LogP contribution is -2.15. The summed E-state index contributed by atoms with van der Waals surface area (Å²) in [5.41, 5.74) is 0.781. The zero-order chi connectivity index (χ0) is 9.84. The first-order valence-corrected chi connectivity index (χ1v) is 4.31. The molecule has 72 valence electrons. The van der Waals surface area contributed by atoms with Gasteiger partial charge in [0, 0.05) is 6.04 Å². The molecule has 0 bridgehead atoms. The Labute approximate surface area is 76.8 Å². The fourth-order valence-electron chi connectivity index (χ4n) is 1.34. The summed E-state index contributed by atoms with van der Waals surface area (Å²) in [5, 5.41) is 3.03. The van der Waals surface area contributed by atoms with Gasteiger partial charge in [-0.15, -0.1) is 0 Å². The average Bonchev–Trinajstić information content (AvgIpc) is 2.13. The SMILES string of the molecule is CCC(NC)c1ccc(F)c(F)c1. The van der Waals surface area contributed by atoms with Crippen molar-refractivity contribution >= 4 is 0 Å². The number of halogens is 2. The Morgan fingerprint density at radius 3 is 2.46 bits per heavy atom. The normalized spacial score (nSPS) is 12.9. The fourth-order valence-corrected chi connectivity index (χ4v) is 1.34. The van der Waals surface area contributed by atoms with E-state index in [2.05, 4.69) is 5.32 Å². The fraction of sp³-hybridized carbons (Fsp3) is 0.400. The van der Waals surface area contributed by atoms with E-state index in [0.717, 1.165) is 18.1 Å². The lowest BCUT2D eigenvalue weighted by atomic mass is 10.0. The van der Waals surface area contributed by atoms with Crippen molar-refractivity contribution in [2.24, 2.45) is 0 Å². The zero-order valence-corrected chi connectivity index (χ0v) is 7.77. The smallest absolute Gasteiger partial charge is 0.159 e. The van der Waals surface area contributed by atoms with Crippen molar-refractivity contribution in [2.45, 2.75) is 19.4 Å². The number of hydrogen-bond donors (Lipinski definition) is 1. The van der Waals surface area contributed by atoms with E-state index in [-0.39, 0.29) is 6.04 Å². The second kappa shape index (κ2) is 4.33. The summed E-state index contributed by atoms with van der Waals surface area (Å²) < 4.78 is 25.4. The highest BCUT2D eigenvalue weighted by atomic mass is 19.2. The molecule has 0 spiro atoms.